The number of ether oxygens (including phenoxy) is 2. The number of benzene rings is 1. The number of aromatic nitrogens is 2. The van der Waals surface area contributed by atoms with Crippen LogP contribution in [0, 0.1) is 6.92 Å². The number of hydrogen-bond acceptors (Lipinski definition) is 9. The zero-order valence-electron chi connectivity index (χ0n) is 23.5. The topological polar surface area (TPSA) is 146 Å². The van der Waals surface area contributed by atoms with Gasteiger partial charge in [-0.3, -0.25) is 9.59 Å². The van der Waals surface area contributed by atoms with Gasteiger partial charge in [0.1, 0.15) is 5.65 Å². The number of anilines is 2. The van der Waals surface area contributed by atoms with Crippen molar-refractivity contribution in [2.75, 3.05) is 43.4 Å². The van der Waals surface area contributed by atoms with Crippen LogP contribution in [0.1, 0.15) is 37.8 Å². The van der Waals surface area contributed by atoms with Crippen molar-refractivity contribution in [2.24, 2.45) is 0 Å². The van der Waals surface area contributed by atoms with Crippen LogP contribution in [-0.2, 0) is 23.9 Å². The van der Waals surface area contributed by atoms with Gasteiger partial charge >= 0.3 is 5.97 Å². The van der Waals surface area contributed by atoms with Gasteiger partial charge in [0.2, 0.25) is 11.7 Å². The summed E-state index contributed by atoms with van der Waals surface area (Å²) in [5.41, 5.74) is 3.96. The summed E-state index contributed by atoms with van der Waals surface area (Å²) in [6.07, 6.45) is 7.60. The zero-order valence-corrected chi connectivity index (χ0v) is 23.5. The third-order valence-electron chi connectivity index (χ3n) is 6.57. The fraction of sp³-hybridized carbons (Fsp3) is 0.333. The SMILES string of the molecule is CC(=O)O.CCOC(=O)C1=C(Nc2ccc(NCCN3CCCC3)cc2C)OC(=Cc2c[nH]c3ncccc23)C1=O. The van der Waals surface area contributed by atoms with Crippen LogP contribution in [0.2, 0.25) is 0 Å². The van der Waals surface area contributed by atoms with E-state index in [2.05, 4.69) is 25.5 Å². The molecule has 0 radical (unpaired) electrons. The predicted molar refractivity (Wildman–Crippen MR) is 156 cm³/mol. The molecule has 0 unspecified atom stereocenters. The molecular formula is C30H35N5O6. The second kappa shape index (κ2) is 13.6. The third kappa shape index (κ3) is 7.52. The maximum atomic E-state index is 13.2. The fourth-order valence-electron chi connectivity index (χ4n) is 4.64. The van der Waals surface area contributed by atoms with Crippen molar-refractivity contribution in [3.05, 3.63) is 71.1 Å². The highest BCUT2D eigenvalue weighted by Crippen LogP contribution is 2.31. The van der Waals surface area contributed by atoms with Crippen molar-refractivity contribution in [2.45, 2.75) is 33.6 Å². The third-order valence-corrected chi connectivity index (χ3v) is 6.57. The van der Waals surface area contributed by atoms with Crippen LogP contribution in [0.15, 0.2) is 59.9 Å². The number of fused-ring (bicyclic) bond motifs is 1. The Morgan fingerprint density at radius 2 is 2.00 bits per heavy atom. The van der Waals surface area contributed by atoms with Crippen LogP contribution in [0.4, 0.5) is 11.4 Å². The molecule has 41 heavy (non-hydrogen) atoms. The highest BCUT2D eigenvalue weighted by molar-refractivity contribution is 6.26. The molecule has 2 aromatic heterocycles. The summed E-state index contributed by atoms with van der Waals surface area (Å²) in [5.74, 6) is -1.99. The van der Waals surface area contributed by atoms with E-state index in [1.165, 1.54) is 25.9 Å². The highest BCUT2D eigenvalue weighted by atomic mass is 16.5. The Morgan fingerprint density at radius 3 is 2.71 bits per heavy atom. The van der Waals surface area contributed by atoms with Crippen molar-refractivity contribution in [3.8, 4) is 0 Å². The van der Waals surface area contributed by atoms with Crippen molar-refractivity contribution in [3.63, 3.8) is 0 Å². The van der Waals surface area contributed by atoms with Crippen molar-refractivity contribution < 1.29 is 29.0 Å². The summed E-state index contributed by atoms with van der Waals surface area (Å²) < 4.78 is 11.1. The molecule has 0 amide bonds. The number of carboxylic acid groups (broad SMARTS) is 1. The lowest BCUT2D eigenvalue weighted by Crippen LogP contribution is -2.25. The van der Waals surface area contributed by atoms with Gasteiger partial charge in [0, 0.05) is 54.7 Å². The van der Waals surface area contributed by atoms with Crippen molar-refractivity contribution in [1.29, 1.82) is 0 Å². The van der Waals surface area contributed by atoms with Gasteiger partial charge in [0.25, 0.3) is 5.97 Å². The van der Waals surface area contributed by atoms with E-state index >= 15 is 0 Å². The maximum Gasteiger partial charge on any atom is 0.347 e. The first-order chi connectivity index (χ1) is 19.8. The minimum atomic E-state index is -0.833. The Bertz CT molecular complexity index is 1480. The Kier molecular flexibility index (Phi) is 9.75. The van der Waals surface area contributed by atoms with Gasteiger partial charge in [-0.15, -0.1) is 0 Å². The molecule has 0 saturated carbocycles. The number of aryl methyl sites for hydroxylation is 1. The first kappa shape index (κ1) is 29.3. The van der Waals surface area contributed by atoms with Crippen LogP contribution < -0.4 is 10.6 Å². The number of ketones is 1. The average molecular weight is 562 g/mol. The van der Waals surface area contributed by atoms with E-state index in [9.17, 15) is 9.59 Å². The number of esters is 1. The quantitative estimate of drug-likeness (QED) is 0.169. The second-order valence-corrected chi connectivity index (χ2v) is 9.66. The predicted octanol–water partition coefficient (Wildman–Crippen LogP) is 4.30. The van der Waals surface area contributed by atoms with E-state index in [0.717, 1.165) is 47.9 Å². The number of aliphatic carboxylic acids is 1. The number of allylic oxidation sites excluding steroid dienone is 1. The van der Waals surface area contributed by atoms with E-state index in [4.69, 9.17) is 19.4 Å². The summed E-state index contributed by atoms with van der Waals surface area (Å²) in [5, 5.41) is 14.9. The van der Waals surface area contributed by atoms with Crippen LogP contribution in [0.5, 0.6) is 0 Å². The van der Waals surface area contributed by atoms with Gasteiger partial charge in [-0.1, -0.05) is 0 Å². The van der Waals surface area contributed by atoms with E-state index in [1.807, 2.05) is 37.3 Å². The minimum absolute atomic E-state index is 0.0353. The number of rotatable bonds is 9. The number of carbonyl (C=O) groups is 3. The molecule has 11 heteroatoms. The molecule has 0 spiro atoms. The molecule has 2 aliphatic heterocycles. The zero-order chi connectivity index (χ0) is 29.4. The Morgan fingerprint density at radius 1 is 1.24 bits per heavy atom. The standard InChI is InChI=1S/C28H31N5O4.C2H4O2/c1-3-36-28(35)24-25(34)23(16-19-17-31-26-21(19)7-6-10-30-26)37-27(24)32-22-9-8-20(15-18(22)2)29-11-14-33-12-4-5-13-33;1-2(3)4/h6-10,15-17,29,32H,3-5,11-14H2,1-2H3,(H,30,31);1H3,(H,3,4). The fourth-order valence-corrected chi connectivity index (χ4v) is 4.64. The van der Waals surface area contributed by atoms with Gasteiger partial charge in [0.15, 0.2) is 11.3 Å². The van der Waals surface area contributed by atoms with E-state index in [1.54, 1.807) is 25.4 Å². The monoisotopic (exact) mass is 561 g/mol. The van der Waals surface area contributed by atoms with Crippen LogP contribution in [-0.4, -0.2) is 70.5 Å². The molecule has 0 atom stereocenters. The number of Topliss-reactive ketones (excluding diaryl/α,β-unsaturated/α-hetero) is 1. The molecule has 11 nitrogen and oxygen atoms in total. The number of aromatic amines is 1. The summed E-state index contributed by atoms with van der Waals surface area (Å²) in [6, 6.07) is 9.62. The summed E-state index contributed by atoms with van der Waals surface area (Å²) >= 11 is 0. The lowest BCUT2D eigenvalue weighted by Gasteiger charge is -2.16. The molecule has 5 rings (SSSR count). The molecule has 1 fully saturated rings. The summed E-state index contributed by atoms with van der Waals surface area (Å²) in [4.78, 5) is 44.7. The van der Waals surface area contributed by atoms with Crippen LogP contribution >= 0.6 is 0 Å². The van der Waals surface area contributed by atoms with Gasteiger partial charge in [-0.25, -0.2) is 9.78 Å². The number of likely N-dealkylation sites (tertiary alicyclic amines) is 1. The summed E-state index contributed by atoms with van der Waals surface area (Å²) in [6.45, 7) is 9.13. The number of H-pyrrole nitrogens is 1. The molecule has 4 N–H and O–H groups in total. The lowest BCUT2D eigenvalue weighted by molar-refractivity contribution is -0.139. The average Bonchev–Trinajstić information content (AvgIpc) is 3.66. The van der Waals surface area contributed by atoms with E-state index in [0.29, 0.717) is 5.65 Å². The molecule has 4 heterocycles. The normalized spacial score (nSPS) is 16.0. The van der Waals surface area contributed by atoms with E-state index < -0.39 is 17.7 Å². The molecular weight excluding hydrogens is 526 g/mol. The highest BCUT2D eigenvalue weighted by Gasteiger charge is 2.37. The molecule has 0 aliphatic carbocycles. The largest absolute Gasteiger partial charge is 0.481 e. The number of hydrogen-bond donors (Lipinski definition) is 4. The van der Waals surface area contributed by atoms with Gasteiger partial charge in [0.05, 0.1) is 6.61 Å². The van der Waals surface area contributed by atoms with Crippen molar-refractivity contribution >= 4 is 46.2 Å². The molecule has 216 valence electrons. The van der Waals surface area contributed by atoms with Crippen molar-refractivity contribution in [1.82, 2.24) is 14.9 Å². The Balaban J connectivity index is 0.000000909. The Hall–Kier alpha value is -4.64. The first-order valence-electron chi connectivity index (χ1n) is 13.6. The lowest BCUT2D eigenvalue weighted by atomic mass is 10.1. The number of carbonyl (C=O) groups excluding carboxylic acids is 2. The summed E-state index contributed by atoms with van der Waals surface area (Å²) in [7, 11) is 0. The van der Waals surface area contributed by atoms with E-state index in [-0.39, 0.29) is 23.8 Å². The first-order valence-corrected chi connectivity index (χ1v) is 13.6. The molecule has 1 aromatic carbocycles. The number of nitrogens with zero attached hydrogens (tertiary/aromatic N) is 2. The number of carboxylic acids is 1. The molecule has 2 aliphatic rings. The molecule has 1 saturated heterocycles. The van der Waals surface area contributed by atoms with Gasteiger partial charge in [-0.05, 0) is 81.7 Å². The maximum absolute atomic E-state index is 13.2. The van der Waals surface area contributed by atoms with Crippen LogP contribution in [0.25, 0.3) is 17.1 Å². The van der Waals surface area contributed by atoms with Crippen LogP contribution in [0.3, 0.4) is 0 Å². The second-order valence-electron chi connectivity index (χ2n) is 9.66. The molecule has 0 bridgehead atoms. The van der Waals surface area contributed by atoms with Gasteiger partial charge < -0.3 is 35.1 Å². The number of nitrogens with one attached hydrogen (secondary N) is 3. The number of pyridine rings is 1. The van der Waals surface area contributed by atoms with Gasteiger partial charge in [-0.2, -0.15) is 0 Å². The minimum Gasteiger partial charge on any atom is -0.481 e. The molecule has 3 aromatic rings. The smallest absolute Gasteiger partial charge is 0.347 e. The Labute approximate surface area is 238 Å².